The first-order valence-corrected chi connectivity index (χ1v) is 7.10. The molecule has 0 radical (unpaired) electrons. The third-order valence-electron chi connectivity index (χ3n) is 2.90. The van der Waals surface area contributed by atoms with Crippen molar-refractivity contribution < 1.29 is 8.91 Å². The fourth-order valence-corrected chi connectivity index (χ4v) is 2.13. The number of halogens is 3. The summed E-state index contributed by atoms with van der Waals surface area (Å²) in [5.41, 5.74) is 1.50. The van der Waals surface area contributed by atoms with Crippen molar-refractivity contribution in [1.82, 2.24) is 10.1 Å². The molecule has 0 bridgehead atoms. The van der Waals surface area contributed by atoms with E-state index in [1.165, 1.54) is 12.1 Å². The van der Waals surface area contributed by atoms with Gasteiger partial charge in [0, 0.05) is 10.6 Å². The third kappa shape index (κ3) is 3.35. The average molecular weight is 335 g/mol. The molecular formula is C16H9Cl2FN2O. The van der Waals surface area contributed by atoms with Gasteiger partial charge in [-0.3, -0.25) is 0 Å². The summed E-state index contributed by atoms with van der Waals surface area (Å²) in [5, 5.41) is 4.78. The van der Waals surface area contributed by atoms with Crippen molar-refractivity contribution >= 4 is 34.3 Å². The molecule has 0 fully saturated rings. The van der Waals surface area contributed by atoms with Crippen molar-refractivity contribution in [2.75, 3.05) is 0 Å². The molecule has 1 heterocycles. The monoisotopic (exact) mass is 334 g/mol. The van der Waals surface area contributed by atoms with Gasteiger partial charge in [-0.15, -0.1) is 0 Å². The van der Waals surface area contributed by atoms with Crippen molar-refractivity contribution in [2.45, 2.75) is 0 Å². The van der Waals surface area contributed by atoms with E-state index >= 15 is 0 Å². The van der Waals surface area contributed by atoms with Gasteiger partial charge in [0.2, 0.25) is 5.82 Å². The quantitative estimate of drug-likeness (QED) is 0.655. The van der Waals surface area contributed by atoms with E-state index in [1.807, 2.05) is 0 Å². The number of hydrogen-bond donors (Lipinski definition) is 0. The second-order valence-electron chi connectivity index (χ2n) is 4.47. The highest BCUT2D eigenvalue weighted by Gasteiger charge is 2.11. The predicted octanol–water partition coefficient (Wildman–Crippen LogP) is 5.27. The summed E-state index contributed by atoms with van der Waals surface area (Å²) in [5.74, 6) is 0.296. The van der Waals surface area contributed by atoms with Crippen LogP contribution in [0.25, 0.3) is 22.5 Å². The Labute approximate surface area is 136 Å². The van der Waals surface area contributed by atoms with Gasteiger partial charge < -0.3 is 4.52 Å². The predicted molar refractivity (Wildman–Crippen MR) is 84.9 cm³/mol. The molecule has 6 heteroatoms. The van der Waals surface area contributed by atoms with E-state index in [1.54, 1.807) is 42.5 Å². The zero-order valence-corrected chi connectivity index (χ0v) is 12.6. The molecule has 0 N–H and O–H groups in total. The summed E-state index contributed by atoms with van der Waals surface area (Å²) in [6.07, 6.45) is 1.63. The number of rotatable bonds is 3. The van der Waals surface area contributed by atoms with Crippen molar-refractivity contribution in [3.63, 3.8) is 0 Å². The second kappa shape index (κ2) is 6.30. The van der Waals surface area contributed by atoms with Gasteiger partial charge in [0.15, 0.2) is 0 Å². The van der Waals surface area contributed by atoms with E-state index in [-0.39, 0.29) is 16.7 Å². The summed E-state index contributed by atoms with van der Waals surface area (Å²) in [7, 11) is 0. The van der Waals surface area contributed by atoms with Gasteiger partial charge >= 0.3 is 0 Å². The van der Waals surface area contributed by atoms with E-state index in [4.69, 9.17) is 27.7 Å². The maximum atomic E-state index is 12.9. The largest absolute Gasteiger partial charge is 0.333 e. The summed E-state index contributed by atoms with van der Waals surface area (Å²) < 4.78 is 18.0. The first-order valence-electron chi connectivity index (χ1n) is 6.34. The van der Waals surface area contributed by atoms with Gasteiger partial charge in [-0.05, 0) is 48.0 Å². The van der Waals surface area contributed by atoms with Crippen LogP contribution < -0.4 is 0 Å². The molecular weight excluding hydrogens is 326 g/mol. The Balaban J connectivity index is 1.86. The van der Waals surface area contributed by atoms with Crippen LogP contribution in [0.3, 0.4) is 0 Å². The normalized spacial score (nSPS) is 11.7. The van der Waals surface area contributed by atoms with Crippen LogP contribution in [0.4, 0.5) is 4.39 Å². The SMILES string of the molecule is Fc1ccc(/C=C(\Cl)c2nc(-c3ccc(Cl)cc3)no2)cc1. The lowest BCUT2D eigenvalue weighted by atomic mass is 10.2. The molecule has 0 spiro atoms. The second-order valence-corrected chi connectivity index (χ2v) is 5.32. The molecule has 0 saturated carbocycles. The highest BCUT2D eigenvalue weighted by atomic mass is 35.5. The molecule has 0 saturated heterocycles. The first-order chi connectivity index (χ1) is 10.6. The fourth-order valence-electron chi connectivity index (χ4n) is 1.80. The van der Waals surface area contributed by atoms with Crippen LogP contribution in [-0.4, -0.2) is 10.1 Å². The van der Waals surface area contributed by atoms with Crippen LogP contribution >= 0.6 is 23.2 Å². The molecule has 0 aliphatic rings. The molecule has 3 aromatic rings. The van der Waals surface area contributed by atoms with Gasteiger partial charge in [-0.1, -0.05) is 40.5 Å². The number of hydrogen-bond acceptors (Lipinski definition) is 3. The summed E-state index contributed by atoms with van der Waals surface area (Å²) in [4.78, 5) is 4.23. The van der Waals surface area contributed by atoms with E-state index in [0.717, 1.165) is 11.1 Å². The van der Waals surface area contributed by atoms with Gasteiger partial charge in [-0.2, -0.15) is 4.98 Å². The standard InChI is InChI=1S/C16H9Cl2FN2O/c17-12-5-3-11(4-6-12)15-20-16(22-21-15)14(18)9-10-1-7-13(19)8-2-10/h1-9H/b14-9-. The molecule has 0 unspecified atom stereocenters. The molecule has 0 aliphatic carbocycles. The fraction of sp³-hybridized carbons (Fsp3) is 0. The minimum atomic E-state index is -0.309. The Kier molecular flexibility index (Phi) is 4.22. The Morgan fingerprint density at radius 2 is 1.73 bits per heavy atom. The van der Waals surface area contributed by atoms with E-state index in [0.29, 0.717) is 10.8 Å². The van der Waals surface area contributed by atoms with E-state index < -0.39 is 0 Å². The molecule has 1 aromatic heterocycles. The van der Waals surface area contributed by atoms with Crippen molar-refractivity contribution in [3.05, 3.63) is 70.8 Å². The molecule has 0 amide bonds. The lowest BCUT2D eigenvalue weighted by molar-refractivity contribution is 0.410. The molecule has 3 nitrogen and oxygen atoms in total. The highest BCUT2D eigenvalue weighted by Crippen LogP contribution is 2.24. The Bertz CT molecular complexity index is 811. The number of benzene rings is 2. The van der Waals surface area contributed by atoms with Crippen LogP contribution in [0.1, 0.15) is 11.5 Å². The number of nitrogens with zero attached hydrogens (tertiary/aromatic N) is 2. The third-order valence-corrected chi connectivity index (χ3v) is 3.42. The first kappa shape index (κ1) is 14.8. The molecule has 2 aromatic carbocycles. The number of aromatic nitrogens is 2. The zero-order valence-electron chi connectivity index (χ0n) is 11.1. The average Bonchev–Trinajstić information content (AvgIpc) is 3.00. The van der Waals surface area contributed by atoms with Crippen LogP contribution in [0.15, 0.2) is 53.1 Å². The van der Waals surface area contributed by atoms with E-state index in [9.17, 15) is 4.39 Å². The molecule has 110 valence electrons. The van der Waals surface area contributed by atoms with E-state index in [2.05, 4.69) is 10.1 Å². The van der Waals surface area contributed by atoms with Crippen molar-refractivity contribution in [1.29, 1.82) is 0 Å². The van der Waals surface area contributed by atoms with Crippen LogP contribution in [0.2, 0.25) is 5.02 Å². The lowest BCUT2D eigenvalue weighted by Gasteiger charge is -1.95. The summed E-state index contributed by atoms with van der Waals surface area (Å²) in [6, 6.07) is 13.0. The van der Waals surface area contributed by atoms with Gasteiger partial charge in [0.25, 0.3) is 5.89 Å². The van der Waals surface area contributed by atoms with Crippen molar-refractivity contribution in [3.8, 4) is 11.4 Å². The smallest absolute Gasteiger partial charge is 0.269 e. The molecule has 22 heavy (non-hydrogen) atoms. The lowest BCUT2D eigenvalue weighted by Crippen LogP contribution is -1.82. The molecule has 3 rings (SSSR count). The Hall–Kier alpha value is -2.17. The maximum absolute atomic E-state index is 12.9. The van der Waals surface area contributed by atoms with Gasteiger partial charge in [-0.25, -0.2) is 4.39 Å². The minimum Gasteiger partial charge on any atom is -0.333 e. The van der Waals surface area contributed by atoms with Gasteiger partial charge in [0.1, 0.15) is 10.8 Å². The summed E-state index contributed by atoms with van der Waals surface area (Å²) >= 11 is 12.0. The highest BCUT2D eigenvalue weighted by molar-refractivity contribution is 6.50. The Morgan fingerprint density at radius 3 is 2.41 bits per heavy atom. The van der Waals surface area contributed by atoms with Gasteiger partial charge in [0.05, 0.1) is 0 Å². The summed E-state index contributed by atoms with van der Waals surface area (Å²) in [6.45, 7) is 0. The maximum Gasteiger partial charge on any atom is 0.269 e. The Morgan fingerprint density at radius 1 is 1.05 bits per heavy atom. The van der Waals surface area contributed by atoms with Crippen molar-refractivity contribution in [2.24, 2.45) is 0 Å². The molecule has 0 atom stereocenters. The van der Waals surface area contributed by atoms with Crippen LogP contribution in [-0.2, 0) is 0 Å². The zero-order chi connectivity index (χ0) is 15.5. The van der Waals surface area contributed by atoms with Crippen LogP contribution in [0.5, 0.6) is 0 Å². The molecule has 0 aliphatic heterocycles. The van der Waals surface area contributed by atoms with Crippen LogP contribution in [0, 0.1) is 5.82 Å². The topological polar surface area (TPSA) is 38.9 Å². The minimum absolute atomic E-state index is 0.191.